The van der Waals surface area contributed by atoms with Gasteiger partial charge in [-0.15, -0.1) is 0 Å². The second-order valence-corrected chi connectivity index (χ2v) is 27.8. The first-order valence-corrected chi connectivity index (χ1v) is 32.3. The van der Waals surface area contributed by atoms with E-state index >= 15 is 0 Å². The van der Waals surface area contributed by atoms with E-state index < -0.39 is 0 Å². The Morgan fingerprint density at radius 1 is 0.244 bits per heavy atom. The third-order valence-corrected chi connectivity index (χ3v) is 19.4. The molecule has 0 unspecified atom stereocenters. The molecule has 2 aromatic heterocycles. The van der Waals surface area contributed by atoms with E-state index in [1.807, 2.05) is 0 Å². The van der Waals surface area contributed by atoms with E-state index in [9.17, 15) is 0 Å². The Morgan fingerprint density at radius 2 is 0.533 bits per heavy atom. The van der Waals surface area contributed by atoms with Crippen molar-refractivity contribution in [2.24, 2.45) is 0 Å². The van der Waals surface area contributed by atoms with Crippen molar-refractivity contribution in [1.29, 1.82) is 0 Å². The van der Waals surface area contributed by atoms with Crippen LogP contribution in [0.4, 0.5) is 0 Å². The van der Waals surface area contributed by atoms with E-state index in [4.69, 9.17) is 0 Å². The second kappa shape index (κ2) is 21.9. The van der Waals surface area contributed by atoms with Gasteiger partial charge in [-0.25, -0.2) is 0 Å². The molecule has 2 heteroatoms. The molecular formula is C88H76N2. The number of nitrogens with zero attached hydrogens (tertiary/aromatic N) is 2. The highest BCUT2D eigenvalue weighted by atomic mass is 15.0. The fourth-order valence-electron chi connectivity index (χ4n) is 14.4. The number of rotatable bonds is 11. The molecule has 15 aromatic rings. The van der Waals surface area contributed by atoms with Crippen LogP contribution in [0.25, 0.3) is 143 Å². The summed E-state index contributed by atoms with van der Waals surface area (Å²) in [6.45, 7) is 20.9. The van der Waals surface area contributed by atoms with Crippen molar-refractivity contribution < 1.29 is 0 Å². The number of para-hydroxylation sites is 2. The summed E-state index contributed by atoms with van der Waals surface area (Å²) in [6.07, 6.45) is 2.30. The normalized spacial score (nSPS) is 12.4. The molecule has 13 aromatic carbocycles. The summed E-state index contributed by atoms with van der Waals surface area (Å²) in [6, 6.07) is 103. The summed E-state index contributed by atoms with van der Waals surface area (Å²) in [5, 5.41) is 10.2. The highest BCUT2D eigenvalue weighted by molar-refractivity contribution is 6.22. The Bertz CT molecular complexity index is 5220. The zero-order valence-electron chi connectivity index (χ0n) is 53.3. The van der Waals surface area contributed by atoms with Gasteiger partial charge in [-0.2, -0.15) is 0 Å². The van der Waals surface area contributed by atoms with E-state index in [-0.39, 0.29) is 16.2 Å². The molecule has 15 rings (SSSR count). The Balaban J connectivity index is 0.743. The van der Waals surface area contributed by atoms with Gasteiger partial charge in [0.25, 0.3) is 0 Å². The van der Waals surface area contributed by atoms with Crippen LogP contribution in [0.5, 0.6) is 0 Å². The lowest BCUT2D eigenvalue weighted by Gasteiger charge is -2.25. The molecule has 2 heterocycles. The molecule has 0 saturated carbocycles. The molecule has 0 aliphatic heterocycles. The molecule has 0 aliphatic carbocycles. The van der Waals surface area contributed by atoms with Crippen LogP contribution in [0.3, 0.4) is 0 Å². The first kappa shape index (κ1) is 56.5. The van der Waals surface area contributed by atoms with Gasteiger partial charge >= 0.3 is 0 Å². The first-order valence-electron chi connectivity index (χ1n) is 32.3. The van der Waals surface area contributed by atoms with Gasteiger partial charge < -0.3 is 9.13 Å². The van der Waals surface area contributed by atoms with Gasteiger partial charge in [0.05, 0.1) is 22.1 Å². The molecule has 90 heavy (non-hydrogen) atoms. The lowest BCUT2D eigenvalue weighted by Crippen LogP contribution is -2.16. The number of benzene rings is 13. The van der Waals surface area contributed by atoms with Crippen LogP contribution in [-0.4, -0.2) is 9.13 Å². The highest BCUT2D eigenvalue weighted by Crippen LogP contribution is 2.47. The van der Waals surface area contributed by atoms with Crippen LogP contribution in [0.2, 0.25) is 0 Å². The monoisotopic (exact) mass is 1160 g/mol. The number of hydrogen-bond acceptors (Lipinski definition) is 0. The van der Waals surface area contributed by atoms with Gasteiger partial charge in [0.2, 0.25) is 0 Å². The minimum Gasteiger partial charge on any atom is -0.309 e. The van der Waals surface area contributed by atoms with Crippen molar-refractivity contribution in [1.82, 2.24) is 9.13 Å². The average molecular weight is 1160 g/mol. The largest absolute Gasteiger partial charge is 0.309 e. The predicted octanol–water partition coefficient (Wildman–Crippen LogP) is 24.9. The van der Waals surface area contributed by atoms with E-state index in [1.165, 1.54) is 160 Å². The quantitative estimate of drug-likeness (QED) is 0.114. The summed E-state index contributed by atoms with van der Waals surface area (Å²) in [5.74, 6) is 0. The van der Waals surface area contributed by atoms with Crippen molar-refractivity contribution in [3.05, 3.63) is 290 Å². The van der Waals surface area contributed by atoms with Crippen molar-refractivity contribution in [2.45, 2.75) is 91.4 Å². The topological polar surface area (TPSA) is 9.86 Å². The van der Waals surface area contributed by atoms with Gasteiger partial charge in [0.1, 0.15) is 0 Å². The maximum Gasteiger partial charge on any atom is 0.0541 e. The minimum absolute atomic E-state index is 0.0297. The Kier molecular flexibility index (Phi) is 13.8. The molecule has 0 radical (unpaired) electrons. The fourth-order valence-corrected chi connectivity index (χ4v) is 14.4. The van der Waals surface area contributed by atoms with Crippen LogP contribution >= 0.6 is 0 Å². The Morgan fingerprint density at radius 3 is 0.933 bits per heavy atom. The van der Waals surface area contributed by atoms with Crippen LogP contribution < -0.4 is 0 Å². The van der Waals surface area contributed by atoms with Gasteiger partial charge in [0, 0.05) is 32.9 Å². The maximum absolute atomic E-state index is 2.47. The maximum atomic E-state index is 2.47. The van der Waals surface area contributed by atoms with Crippen LogP contribution in [0, 0.1) is 0 Å². The average Bonchev–Trinajstić information content (AvgIpc) is 1.27. The molecule has 0 fully saturated rings. The summed E-state index contributed by atoms with van der Waals surface area (Å²) in [5.41, 5.74) is 26.0. The van der Waals surface area contributed by atoms with Gasteiger partial charge in [-0.05, 0) is 207 Å². The minimum atomic E-state index is -0.0297. The summed E-state index contributed by atoms with van der Waals surface area (Å²) in [4.78, 5) is 0. The van der Waals surface area contributed by atoms with E-state index in [1.54, 1.807) is 0 Å². The molecule has 0 saturated heterocycles. The fraction of sp³-hybridized carbons (Fsp3) is 0.159. The highest BCUT2D eigenvalue weighted by Gasteiger charge is 2.25. The third-order valence-electron chi connectivity index (χ3n) is 19.4. The molecule has 0 N–H and O–H groups in total. The third kappa shape index (κ3) is 9.91. The standard InChI is InChI=1S/C88H76N2/c1-10-51-88(8,9)69-45-50-83-78(56-69)76-53-66(42-48-81(76)90(83)71-21-15-12-16-22-71)62-31-25-57(26-32-62)59-33-37-63(38-34-59)84-72-23-17-18-24-73(72)85(79-55-67(86(2,3)4)43-46-74(79)84)64-39-35-60(36-40-64)58-27-29-61(30-28-58)65-41-47-80-75(52-65)77-54-68(87(5,6)7)44-49-82(77)89(80)70-19-13-11-14-20-70/h11-50,52-56H,10,51H2,1-9H3. The zero-order chi connectivity index (χ0) is 61.6. The number of fused-ring (bicyclic) bond motifs is 8. The molecule has 438 valence electrons. The Labute approximate surface area is 530 Å². The van der Waals surface area contributed by atoms with Gasteiger partial charge in [0.15, 0.2) is 0 Å². The van der Waals surface area contributed by atoms with Crippen molar-refractivity contribution in [3.63, 3.8) is 0 Å². The molecule has 0 amide bonds. The molecule has 0 bridgehead atoms. The van der Waals surface area contributed by atoms with Crippen molar-refractivity contribution in [2.75, 3.05) is 0 Å². The van der Waals surface area contributed by atoms with Gasteiger partial charge in [-0.1, -0.05) is 263 Å². The summed E-state index contributed by atoms with van der Waals surface area (Å²) >= 11 is 0. The number of aromatic nitrogens is 2. The van der Waals surface area contributed by atoms with Crippen molar-refractivity contribution in [3.8, 4) is 78.1 Å². The van der Waals surface area contributed by atoms with Crippen LogP contribution in [0.15, 0.2) is 273 Å². The molecule has 2 nitrogen and oxygen atoms in total. The van der Waals surface area contributed by atoms with E-state index in [0.29, 0.717) is 0 Å². The number of hydrogen-bond donors (Lipinski definition) is 0. The smallest absolute Gasteiger partial charge is 0.0541 e. The van der Waals surface area contributed by atoms with E-state index in [0.717, 1.165) is 12.8 Å². The van der Waals surface area contributed by atoms with E-state index in [2.05, 4.69) is 344 Å². The summed E-state index contributed by atoms with van der Waals surface area (Å²) < 4.78 is 4.84. The van der Waals surface area contributed by atoms with Crippen LogP contribution in [0.1, 0.15) is 91.8 Å². The summed E-state index contributed by atoms with van der Waals surface area (Å²) in [7, 11) is 0. The lowest BCUT2D eigenvalue weighted by molar-refractivity contribution is 0.473. The zero-order valence-corrected chi connectivity index (χ0v) is 53.3. The predicted molar refractivity (Wildman–Crippen MR) is 388 cm³/mol. The SMILES string of the molecule is CCCC(C)(C)c1ccc2c(c1)c1cc(-c3ccc(-c4ccc(-c5c6ccccc6c(-c6ccc(-c7ccc(-c8ccc9c(c8)c8cc(C(C)(C)C)ccc8n9-c8ccccc8)cc7)cc6)c6cc(C(C)(C)C)ccc56)cc4)cc3)ccc1n2-c1ccccc1. The molecule has 0 atom stereocenters. The lowest BCUT2D eigenvalue weighted by atomic mass is 9.80. The molecule has 0 aliphatic rings. The van der Waals surface area contributed by atoms with Crippen molar-refractivity contribution >= 4 is 65.2 Å². The second-order valence-electron chi connectivity index (χ2n) is 27.8. The van der Waals surface area contributed by atoms with Crippen LogP contribution in [-0.2, 0) is 16.2 Å². The first-order chi connectivity index (χ1) is 43.6. The molecular weight excluding hydrogens is 1080 g/mol. The van der Waals surface area contributed by atoms with Gasteiger partial charge in [-0.3, -0.25) is 0 Å². The Hall–Kier alpha value is -10.0. The molecule has 0 spiro atoms.